The van der Waals surface area contributed by atoms with Crippen LogP contribution < -0.4 is 10.6 Å². The van der Waals surface area contributed by atoms with E-state index in [1.807, 2.05) is 12.1 Å². The Balaban J connectivity index is 2.67. The second-order valence-corrected chi connectivity index (χ2v) is 3.24. The highest BCUT2D eigenvalue weighted by molar-refractivity contribution is 6.18. The van der Waals surface area contributed by atoms with Gasteiger partial charge in [0.15, 0.2) is 0 Å². The van der Waals surface area contributed by atoms with Gasteiger partial charge >= 0.3 is 6.03 Å². The zero-order valence-electron chi connectivity index (χ0n) is 8.61. The number of halogens is 1. The average Bonchev–Trinajstić information content (AvgIpc) is 2.27. The second kappa shape index (κ2) is 6.87. The number of carbonyl (C=O) groups is 1. The summed E-state index contributed by atoms with van der Waals surface area (Å²) in [6.45, 7) is -0.00953. The number of anilines is 1. The predicted molar refractivity (Wildman–Crippen MR) is 65.4 cm³/mol. The third kappa shape index (κ3) is 4.33. The number of benzene rings is 1. The molecule has 5 heteroatoms. The van der Waals surface area contributed by atoms with Crippen LogP contribution in [0.15, 0.2) is 30.3 Å². The van der Waals surface area contributed by atoms with Crippen LogP contribution in [0.5, 0.6) is 0 Å². The van der Waals surface area contributed by atoms with Crippen molar-refractivity contribution in [3.05, 3.63) is 35.9 Å². The second-order valence-electron chi connectivity index (χ2n) is 2.97. The van der Waals surface area contributed by atoms with Crippen LogP contribution in [0.1, 0.15) is 5.56 Å². The number of carbonyl (C=O) groups excluding carboxylic acids is 1. The number of amides is 2. The van der Waals surface area contributed by atoms with Crippen molar-refractivity contribution >= 4 is 29.4 Å². The first-order valence-corrected chi connectivity index (χ1v) is 5.28. The van der Waals surface area contributed by atoms with Crippen LogP contribution in [0.25, 0.3) is 6.08 Å². The van der Waals surface area contributed by atoms with Crippen LogP contribution in [0.2, 0.25) is 0 Å². The van der Waals surface area contributed by atoms with E-state index in [1.165, 1.54) is 0 Å². The summed E-state index contributed by atoms with van der Waals surface area (Å²) in [5.41, 5.74) is 1.57. The summed E-state index contributed by atoms with van der Waals surface area (Å²) < 4.78 is 0. The Morgan fingerprint density at radius 3 is 3.00 bits per heavy atom. The van der Waals surface area contributed by atoms with Crippen LogP contribution in [-0.4, -0.2) is 23.7 Å². The Labute approximate surface area is 98.9 Å². The third-order valence-corrected chi connectivity index (χ3v) is 1.92. The minimum absolute atomic E-state index is 0.00953. The Kier molecular flexibility index (Phi) is 5.39. The molecule has 0 saturated heterocycles. The monoisotopic (exact) mass is 240 g/mol. The van der Waals surface area contributed by atoms with Gasteiger partial charge in [0.1, 0.15) is 0 Å². The molecule has 1 aromatic carbocycles. The molecule has 0 radical (unpaired) electrons. The highest BCUT2D eigenvalue weighted by Crippen LogP contribution is 2.11. The third-order valence-electron chi connectivity index (χ3n) is 1.79. The number of alkyl halides is 1. The van der Waals surface area contributed by atoms with Crippen molar-refractivity contribution in [2.45, 2.75) is 0 Å². The molecule has 1 aromatic rings. The molecule has 86 valence electrons. The molecule has 3 N–H and O–H groups in total. The van der Waals surface area contributed by atoms with Crippen LogP contribution in [0.3, 0.4) is 0 Å². The normalized spacial score (nSPS) is 10.4. The van der Waals surface area contributed by atoms with Gasteiger partial charge in [0.25, 0.3) is 0 Å². The SMILES string of the molecule is O=C(NCCl)Nc1cccc(C=CCO)c1. The van der Waals surface area contributed by atoms with Gasteiger partial charge in [-0.1, -0.05) is 24.3 Å². The van der Waals surface area contributed by atoms with Crippen molar-refractivity contribution in [2.75, 3.05) is 17.9 Å². The number of rotatable bonds is 4. The van der Waals surface area contributed by atoms with E-state index in [0.717, 1.165) is 5.56 Å². The van der Waals surface area contributed by atoms with Gasteiger partial charge < -0.3 is 15.7 Å². The van der Waals surface area contributed by atoms with Gasteiger partial charge in [0.05, 0.1) is 12.6 Å². The van der Waals surface area contributed by atoms with E-state index in [-0.39, 0.29) is 18.6 Å². The zero-order valence-corrected chi connectivity index (χ0v) is 9.37. The van der Waals surface area contributed by atoms with E-state index in [2.05, 4.69) is 10.6 Å². The van der Waals surface area contributed by atoms with Gasteiger partial charge in [-0.15, -0.1) is 11.6 Å². The fraction of sp³-hybridized carbons (Fsp3) is 0.182. The molecule has 4 nitrogen and oxygen atoms in total. The molecule has 0 bridgehead atoms. The zero-order chi connectivity index (χ0) is 11.8. The van der Waals surface area contributed by atoms with Gasteiger partial charge in [0.2, 0.25) is 0 Å². The maximum absolute atomic E-state index is 11.2. The van der Waals surface area contributed by atoms with Crippen molar-refractivity contribution < 1.29 is 9.90 Å². The molecule has 0 aliphatic carbocycles. The predicted octanol–water partition coefficient (Wildman–Crippen LogP) is 2.01. The molecule has 16 heavy (non-hydrogen) atoms. The Hall–Kier alpha value is -1.52. The minimum atomic E-state index is -0.349. The molecule has 0 aromatic heterocycles. The van der Waals surface area contributed by atoms with Crippen molar-refractivity contribution in [3.63, 3.8) is 0 Å². The summed E-state index contributed by atoms with van der Waals surface area (Å²) in [7, 11) is 0. The first-order chi connectivity index (χ1) is 7.76. The van der Waals surface area contributed by atoms with E-state index < -0.39 is 0 Å². The molecular weight excluding hydrogens is 228 g/mol. The van der Waals surface area contributed by atoms with Gasteiger partial charge in [-0.25, -0.2) is 4.79 Å². The van der Waals surface area contributed by atoms with Crippen LogP contribution >= 0.6 is 11.6 Å². The lowest BCUT2D eigenvalue weighted by Gasteiger charge is -2.05. The number of aliphatic hydroxyl groups is 1. The summed E-state index contributed by atoms with van der Waals surface area (Å²) in [6, 6.07) is 6.96. The largest absolute Gasteiger partial charge is 0.392 e. The number of urea groups is 1. The van der Waals surface area contributed by atoms with E-state index >= 15 is 0 Å². The molecule has 0 saturated carbocycles. The maximum atomic E-state index is 11.2. The van der Waals surface area contributed by atoms with Crippen LogP contribution in [0, 0.1) is 0 Å². The van der Waals surface area contributed by atoms with Gasteiger partial charge in [0, 0.05) is 5.69 Å². The molecule has 1 rings (SSSR count). The van der Waals surface area contributed by atoms with Crippen molar-refractivity contribution in [3.8, 4) is 0 Å². The molecule has 0 aliphatic heterocycles. The van der Waals surface area contributed by atoms with E-state index in [0.29, 0.717) is 5.69 Å². The highest BCUT2D eigenvalue weighted by Gasteiger charge is 1.99. The number of aliphatic hydroxyl groups excluding tert-OH is 1. The lowest BCUT2D eigenvalue weighted by Crippen LogP contribution is -2.27. The van der Waals surface area contributed by atoms with Gasteiger partial charge in [-0.05, 0) is 17.7 Å². The number of nitrogens with one attached hydrogen (secondary N) is 2. The topological polar surface area (TPSA) is 61.4 Å². The Bertz CT molecular complexity index is 380. The molecular formula is C11H13ClN2O2. The standard InChI is InChI=1S/C11H13ClN2O2/c12-8-13-11(16)14-10-5-1-3-9(7-10)4-2-6-15/h1-5,7,15H,6,8H2,(H2,13,14,16). The Morgan fingerprint density at radius 1 is 1.50 bits per heavy atom. The summed E-state index contributed by atoms with van der Waals surface area (Å²) in [5, 5.41) is 13.7. The molecule has 2 amide bonds. The summed E-state index contributed by atoms with van der Waals surface area (Å²) in [5.74, 6) is 0. The first kappa shape index (κ1) is 12.5. The number of hydrogen-bond acceptors (Lipinski definition) is 2. The smallest absolute Gasteiger partial charge is 0.320 e. The Morgan fingerprint density at radius 2 is 2.31 bits per heavy atom. The summed E-state index contributed by atoms with van der Waals surface area (Å²) in [6.07, 6.45) is 3.39. The molecule has 0 heterocycles. The fourth-order valence-corrected chi connectivity index (χ4v) is 1.27. The van der Waals surface area contributed by atoms with Crippen molar-refractivity contribution in [1.29, 1.82) is 0 Å². The highest BCUT2D eigenvalue weighted by atomic mass is 35.5. The van der Waals surface area contributed by atoms with Crippen molar-refractivity contribution in [2.24, 2.45) is 0 Å². The summed E-state index contributed by atoms with van der Waals surface area (Å²) in [4.78, 5) is 11.2. The maximum Gasteiger partial charge on any atom is 0.320 e. The van der Waals surface area contributed by atoms with E-state index in [4.69, 9.17) is 16.7 Å². The lowest BCUT2D eigenvalue weighted by molar-refractivity contribution is 0.253. The van der Waals surface area contributed by atoms with Gasteiger partial charge in [-0.3, -0.25) is 0 Å². The quantitative estimate of drug-likeness (QED) is 0.557. The molecule has 0 atom stereocenters. The van der Waals surface area contributed by atoms with Crippen molar-refractivity contribution in [1.82, 2.24) is 5.32 Å². The minimum Gasteiger partial charge on any atom is -0.392 e. The van der Waals surface area contributed by atoms with Crippen LogP contribution in [0.4, 0.5) is 10.5 Å². The molecule has 0 spiro atoms. The lowest BCUT2D eigenvalue weighted by atomic mass is 10.2. The molecule has 0 unspecified atom stereocenters. The first-order valence-electron chi connectivity index (χ1n) is 4.74. The summed E-state index contributed by atoms with van der Waals surface area (Å²) >= 11 is 5.35. The molecule has 0 aliphatic rings. The van der Waals surface area contributed by atoms with Gasteiger partial charge in [-0.2, -0.15) is 0 Å². The van der Waals surface area contributed by atoms with E-state index in [9.17, 15) is 4.79 Å². The average molecular weight is 241 g/mol. The fourth-order valence-electron chi connectivity index (χ4n) is 1.14. The van der Waals surface area contributed by atoms with E-state index in [1.54, 1.807) is 24.3 Å². The number of hydrogen-bond donors (Lipinski definition) is 3. The van der Waals surface area contributed by atoms with Crippen LogP contribution in [-0.2, 0) is 0 Å². The molecule has 0 fully saturated rings.